The highest BCUT2D eigenvalue weighted by atomic mass is 16.5. The third-order valence-electron chi connectivity index (χ3n) is 3.52. The Morgan fingerprint density at radius 3 is 2.45 bits per heavy atom. The van der Waals surface area contributed by atoms with Crippen molar-refractivity contribution in [3.05, 3.63) is 53.9 Å². The highest BCUT2D eigenvalue weighted by molar-refractivity contribution is 5.99. The number of ketones is 1. The number of benzene rings is 1. The quantitative estimate of drug-likeness (QED) is 0.831. The van der Waals surface area contributed by atoms with Crippen LogP contribution in [0.4, 0.5) is 0 Å². The van der Waals surface area contributed by atoms with Crippen molar-refractivity contribution < 1.29 is 19.4 Å². The van der Waals surface area contributed by atoms with Crippen LogP contribution in [-0.2, 0) is 5.60 Å². The summed E-state index contributed by atoms with van der Waals surface area (Å²) in [6.45, 7) is 1.61. The average molecular weight is 301 g/mol. The SMILES string of the molecule is COc1ccc(C(=O)CC(C)(O)c2ccncc2)c(OC)c1. The second kappa shape index (κ2) is 6.58. The summed E-state index contributed by atoms with van der Waals surface area (Å²) in [6.07, 6.45) is 3.12. The topological polar surface area (TPSA) is 68.7 Å². The van der Waals surface area contributed by atoms with Crippen molar-refractivity contribution in [2.75, 3.05) is 14.2 Å². The Bertz CT molecular complexity index is 653. The number of hydrogen-bond acceptors (Lipinski definition) is 5. The molecule has 5 nitrogen and oxygen atoms in total. The predicted molar refractivity (Wildman–Crippen MR) is 82.3 cm³/mol. The van der Waals surface area contributed by atoms with Gasteiger partial charge in [0.15, 0.2) is 5.78 Å². The number of carbonyl (C=O) groups is 1. The zero-order valence-corrected chi connectivity index (χ0v) is 12.9. The van der Waals surface area contributed by atoms with Crippen LogP contribution in [0.2, 0.25) is 0 Å². The number of aromatic nitrogens is 1. The molecular formula is C17H19NO4. The first kappa shape index (κ1) is 16.0. The van der Waals surface area contributed by atoms with Crippen molar-refractivity contribution in [3.8, 4) is 11.5 Å². The summed E-state index contributed by atoms with van der Waals surface area (Å²) >= 11 is 0. The molecule has 1 atom stereocenters. The molecule has 1 aromatic carbocycles. The summed E-state index contributed by atoms with van der Waals surface area (Å²) in [4.78, 5) is 16.4. The minimum atomic E-state index is -1.27. The van der Waals surface area contributed by atoms with Crippen LogP contribution in [-0.4, -0.2) is 30.1 Å². The fourth-order valence-corrected chi connectivity index (χ4v) is 2.25. The molecule has 0 saturated carbocycles. The summed E-state index contributed by atoms with van der Waals surface area (Å²) in [5.74, 6) is 0.825. The van der Waals surface area contributed by atoms with Gasteiger partial charge >= 0.3 is 0 Å². The molecule has 5 heteroatoms. The van der Waals surface area contributed by atoms with Gasteiger partial charge in [-0.3, -0.25) is 9.78 Å². The van der Waals surface area contributed by atoms with E-state index in [-0.39, 0.29) is 12.2 Å². The maximum atomic E-state index is 12.5. The third kappa shape index (κ3) is 3.43. The van der Waals surface area contributed by atoms with Crippen LogP contribution < -0.4 is 9.47 Å². The first-order chi connectivity index (χ1) is 10.5. The molecule has 0 saturated heterocycles. The maximum Gasteiger partial charge on any atom is 0.169 e. The standard InChI is InChI=1S/C17H19NO4/c1-17(20,12-6-8-18-9-7-12)11-15(19)14-5-4-13(21-2)10-16(14)22-3/h4-10,20H,11H2,1-3H3. The number of hydrogen-bond donors (Lipinski definition) is 1. The zero-order valence-electron chi connectivity index (χ0n) is 12.9. The van der Waals surface area contributed by atoms with Gasteiger partial charge < -0.3 is 14.6 Å². The molecule has 1 unspecified atom stereocenters. The van der Waals surface area contributed by atoms with Crippen LogP contribution in [0, 0.1) is 0 Å². The molecule has 22 heavy (non-hydrogen) atoms. The normalized spacial score (nSPS) is 13.3. The zero-order chi connectivity index (χ0) is 16.2. The molecule has 2 aromatic rings. The Morgan fingerprint density at radius 1 is 1.18 bits per heavy atom. The van der Waals surface area contributed by atoms with Crippen molar-refractivity contribution in [3.63, 3.8) is 0 Å². The Kier molecular flexibility index (Phi) is 4.78. The van der Waals surface area contributed by atoms with Gasteiger partial charge in [-0.2, -0.15) is 0 Å². The summed E-state index contributed by atoms with van der Waals surface area (Å²) < 4.78 is 10.4. The number of carbonyl (C=O) groups excluding carboxylic acids is 1. The summed E-state index contributed by atoms with van der Waals surface area (Å²) in [5.41, 5.74) is -0.216. The molecule has 0 radical (unpaired) electrons. The maximum absolute atomic E-state index is 12.5. The molecule has 0 aliphatic heterocycles. The van der Waals surface area contributed by atoms with Gasteiger partial charge in [0, 0.05) is 24.9 Å². The van der Waals surface area contributed by atoms with Gasteiger partial charge in [0.2, 0.25) is 0 Å². The van der Waals surface area contributed by atoms with Crippen LogP contribution in [0.3, 0.4) is 0 Å². The van der Waals surface area contributed by atoms with Gasteiger partial charge in [0.25, 0.3) is 0 Å². The van der Waals surface area contributed by atoms with Crippen molar-refractivity contribution in [2.45, 2.75) is 18.9 Å². The van der Waals surface area contributed by atoms with E-state index in [0.717, 1.165) is 0 Å². The number of aliphatic hydroxyl groups is 1. The lowest BCUT2D eigenvalue weighted by Gasteiger charge is -2.23. The molecule has 1 heterocycles. The predicted octanol–water partition coefficient (Wildman–Crippen LogP) is 2.58. The number of pyridine rings is 1. The molecule has 0 amide bonds. The molecule has 1 aromatic heterocycles. The second-order valence-electron chi connectivity index (χ2n) is 5.18. The van der Waals surface area contributed by atoms with Gasteiger partial charge in [-0.15, -0.1) is 0 Å². The number of rotatable bonds is 6. The minimum absolute atomic E-state index is 0.0559. The Morgan fingerprint density at radius 2 is 1.86 bits per heavy atom. The highest BCUT2D eigenvalue weighted by Gasteiger charge is 2.28. The molecule has 0 spiro atoms. The van der Waals surface area contributed by atoms with Crippen LogP contribution in [0.5, 0.6) is 11.5 Å². The fourth-order valence-electron chi connectivity index (χ4n) is 2.25. The smallest absolute Gasteiger partial charge is 0.169 e. The lowest BCUT2D eigenvalue weighted by Crippen LogP contribution is -2.25. The average Bonchev–Trinajstić information content (AvgIpc) is 2.54. The van der Waals surface area contributed by atoms with E-state index in [4.69, 9.17) is 9.47 Å². The second-order valence-corrected chi connectivity index (χ2v) is 5.18. The summed E-state index contributed by atoms with van der Waals surface area (Å²) in [5, 5.41) is 10.6. The lowest BCUT2D eigenvalue weighted by molar-refractivity contribution is 0.0429. The van der Waals surface area contributed by atoms with Crippen molar-refractivity contribution in [2.24, 2.45) is 0 Å². The lowest BCUT2D eigenvalue weighted by atomic mass is 9.89. The molecule has 0 bridgehead atoms. The van der Waals surface area contributed by atoms with E-state index >= 15 is 0 Å². The summed E-state index contributed by atoms with van der Waals surface area (Å²) in [6, 6.07) is 8.37. The molecule has 1 N–H and O–H groups in total. The van der Waals surface area contributed by atoms with Gasteiger partial charge in [-0.05, 0) is 36.8 Å². The molecule has 0 aliphatic rings. The molecule has 0 fully saturated rings. The fraction of sp³-hybridized carbons (Fsp3) is 0.294. The summed E-state index contributed by atoms with van der Waals surface area (Å²) in [7, 11) is 3.04. The number of nitrogens with zero attached hydrogens (tertiary/aromatic N) is 1. The van der Waals surface area contributed by atoms with E-state index in [1.165, 1.54) is 7.11 Å². The Balaban J connectivity index is 2.25. The first-order valence-corrected chi connectivity index (χ1v) is 6.86. The van der Waals surface area contributed by atoms with Gasteiger partial charge in [0.05, 0.1) is 25.4 Å². The van der Waals surface area contributed by atoms with Crippen molar-refractivity contribution in [1.82, 2.24) is 4.98 Å². The van der Waals surface area contributed by atoms with Gasteiger partial charge in [-0.25, -0.2) is 0 Å². The van der Waals surface area contributed by atoms with E-state index in [2.05, 4.69) is 4.98 Å². The van der Waals surface area contributed by atoms with Crippen LogP contribution >= 0.6 is 0 Å². The van der Waals surface area contributed by atoms with Crippen LogP contribution in [0.15, 0.2) is 42.7 Å². The van der Waals surface area contributed by atoms with E-state index in [0.29, 0.717) is 22.6 Å². The van der Waals surface area contributed by atoms with Crippen LogP contribution in [0.25, 0.3) is 0 Å². The molecular weight excluding hydrogens is 282 g/mol. The Labute approximate surface area is 129 Å². The van der Waals surface area contributed by atoms with E-state index in [1.807, 2.05) is 0 Å². The van der Waals surface area contributed by atoms with Crippen molar-refractivity contribution >= 4 is 5.78 Å². The van der Waals surface area contributed by atoms with Crippen LogP contribution in [0.1, 0.15) is 29.3 Å². The first-order valence-electron chi connectivity index (χ1n) is 6.86. The number of Topliss-reactive ketones (excluding diaryl/α,β-unsaturated/α-hetero) is 1. The highest BCUT2D eigenvalue weighted by Crippen LogP contribution is 2.30. The molecule has 0 aliphatic carbocycles. The van der Waals surface area contributed by atoms with Gasteiger partial charge in [-0.1, -0.05) is 0 Å². The molecule has 116 valence electrons. The third-order valence-corrected chi connectivity index (χ3v) is 3.52. The van der Waals surface area contributed by atoms with E-state index < -0.39 is 5.60 Å². The number of methoxy groups -OCH3 is 2. The minimum Gasteiger partial charge on any atom is -0.497 e. The Hall–Kier alpha value is -2.40. The monoisotopic (exact) mass is 301 g/mol. The largest absolute Gasteiger partial charge is 0.497 e. The van der Waals surface area contributed by atoms with Crippen molar-refractivity contribution in [1.29, 1.82) is 0 Å². The molecule has 2 rings (SSSR count). The van der Waals surface area contributed by atoms with E-state index in [1.54, 1.807) is 56.8 Å². The van der Waals surface area contributed by atoms with Gasteiger partial charge in [0.1, 0.15) is 11.5 Å². The number of ether oxygens (including phenoxy) is 2. The van der Waals surface area contributed by atoms with E-state index in [9.17, 15) is 9.90 Å².